The molecule has 2 aromatic carbocycles. The van der Waals surface area contributed by atoms with Crippen molar-refractivity contribution in [3.8, 4) is 0 Å². The highest BCUT2D eigenvalue weighted by molar-refractivity contribution is 7.80. The zero-order chi connectivity index (χ0) is 15.4. The molecule has 0 heterocycles. The van der Waals surface area contributed by atoms with Crippen LogP contribution in [0.15, 0.2) is 42.5 Å². The van der Waals surface area contributed by atoms with E-state index in [4.69, 9.17) is 29.6 Å². The van der Waals surface area contributed by atoms with E-state index in [-0.39, 0.29) is 10.9 Å². The summed E-state index contributed by atoms with van der Waals surface area (Å²) in [5.74, 6) is -0.878. The lowest BCUT2D eigenvalue weighted by Gasteiger charge is -2.07. The molecule has 0 saturated carbocycles. The number of amides is 1. The zero-order valence-electron chi connectivity index (χ0n) is 10.9. The van der Waals surface area contributed by atoms with E-state index in [1.165, 1.54) is 12.1 Å². The van der Waals surface area contributed by atoms with Gasteiger partial charge in [0.25, 0.3) is 5.91 Å². The molecule has 0 aliphatic rings. The minimum absolute atomic E-state index is 0.0801. The third-order valence-electron chi connectivity index (χ3n) is 2.87. The topological polar surface area (TPSA) is 55.1 Å². The molecule has 0 aliphatic carbocycles. The zero-order valence-corrected chi connectivity index (χ0v) is 12.5. The maximum Gasteiger partial charge on any atom is 0.251 e. The van der Waals surface area contributed by atoms with Crippen LogP contribution in [0.5, 0.6) is 0 Å². The lowest BCUT2D eigenvalue weighted by molar-refractivity contribution is 0.0951. The van der Waals surface area contributed by atoms with Crippen molar-refractivity contribution in [2.75, 3.05) is 0 Å². The monoisotopic (exact) mass is 322 g/mol. The maximum atomic E-state index is 13.0. The van der Waals surface area contributed by atoms with E-state index in [1.54, 1.807) is 12.1 Å². The molecule has 3 nitrogen and oxygen atoms in total. The summed E-state index contributed by atoms with van der Waals surface area (Å²) in [5, 5.41) is 2.65. The minimum atomic E-state index is -0.554. The molecular weight excluding hydrogens is 311 g/mol. The molecule has 3 N–H and O–H groups in total. The number of rotatable bonds is 4. The molecule has 0 bridgehead atoms. The second-order valence-corrected chi connectivity index (χ2v) is 5.22. The minimum Gasteiger partial charge on any atom is -0.389 e. The van der Waals surface area contributed by atoms with Gasteiger partial charge in [0.1, 0.15) is 10.8 Å². The van der Waals surface area contributed by atoms with Gasteiger partial charge in [-0.3, -0.25) is 4.79 Å². The Hall–Kier alpha value is -1.98. The maximum absolute atomic E-state index is 13.0. The van der Waals surface area contributed by atoms with Crippen LogP contribution in [0.1, 0.15) is 21.5 Å². The third-order valence-corrected chi connectivity index (χ3v) is 3.40. The third kappa shape index (κ3) is 4.00. The first-order chi connectivity index (χ1) is 9.97. The average Bonchev–Trinajstić information content (AvgIpc) is 2.48. The molecule has 0 spiro atoms. The van der Waals surface area contributed by atoms with Gasteiger partial charge in [-0.05, 0) is 23.8 Å². The average molecular weight is 323 g/mol. The van der Waals surface area contributed by atoms with E-state index >= 15 is 0 Å². The summed E-state index contributed by atoms with van der Waals surface area (Å²) >= 11 is 10.5. The number of halogens is 2. The number of carbonyl (C=O) groups is 1. The predicted octanol–water partition coefficient (Wildman–Crippen LogP) is 3.04. The molecule has 0 saturated heterocycles. The fourth-order valence-corrected chi connectivity index (χ4v) is 2.03. The largest absolute Gasteiger partial charge is 0.389 e. The van der Waals surface area contributed by atoms with Crippen LogP contribution in [0.2, 0.25) is 5.02 Å². The molecular formula is C15H12ClFN2OS. The van der Waals surface area contributed by atoms with Gasteiger partial charge in [0, 0.05) is 17.7 Å². The first-order valence-corrected chi connectivity index (χ1v) is 6.88. The number of hydrogen-bond donors (Lipinski definition) is 2. The first kappa shape index (κ1) is 15.4. The second-order valence-electron chi connectivity index (χ2n) is 4.37. The van der Waals surface area contributed by atoms with Crippen LogP contribution >= 0.6 is 23.8 Å². The molecule has 0 aromatic heterocycles. The van der Waals surface area contributed by atoms with Crippen LogP contribution in [-0.2, 0) is 6.54 Å². The lowest BCUT2D eigenvalue weighted by atomic mass is 10.1. The Balaban J connectivity index is 2.00. The van der Waals surface area contributed by atoms with Crippen LogP contribution in [0.3, 0.4) is 0 Å². The van der Waals surface area contributed by atoms with Crippen molar-refractivity contribution >= 4 is 34.7 Å². The van der Waals surface area contributed by atoms with Crippen molar-refractivity contribution < 1.29 is 9.18 Å². The number of carbonyl (C=O) groups excluding carboxylic acids is 1. The Labute approximate surface area is 131 Å². The molecule has 1 amide bonds. The SMILES string of the molecule is NC(=S)c1ccc(CNC(=O)c2ccc(F)c(Cl)c2)cc1. The van der Waals surface area contributed by atoms with Gasteiger partial charge in [-0.1, -0.05) is 48.1 Å². The van der Waals surface area contributed by atoms with Gasteiger partial charge in [0.05, 0.1) is 5.02 Å². The van der Waals surface area contributed by atoms with Crippen molar-refractivity contribution in [3.05, 3.63) is 70.0 Å². The molecule has 0 fully saturated rings. The number of nitrogens with one attached hydrogen (secondary N) is 1. The van der Waals surface area contributed by atoms with E-state index in [2.05, 4.69) is 5.32 Å². The Morgan fingerprint density at radius 3 is 2.38 bits per heavy atom. The molecule has 21 heavy (non-hydrogen) atoms. The standard InChI is InChI=1S/C15H12ClFN2OS/c16-12-7-11(5-6-13(12)17)15(20)19-8-9-1-3-10(4-2-9)14(18)21/h1-7H,8H2,(H2,18,21)(H,19,20). The summed E-state index contributed by atoms with van der Waals surface area (Å²) < 4.78 is 13.0. The van der Waals surface area contributed by atoms with Crippen molar-refractivity contribution in [2.45, 2.75) is 6.54 Å². The van der Waals surface area contributed by atoms with E-state index < -0.39 is 5.82 Å². The lowest BCUT2D eigenvalue weighted by Crippen LogP contribution is -2.22. The Morgan fingerprint density at radius 1 is 1.19 bits per heavy atom. The Bertz CT molecular complexity index is 689. The fourth-order valence-electron chi connectivity index (χ4n) is 1.71. The summed E-state index contributed by atoms with van der Waals surface area (Å²) in [6, 6.07) is 11.1. The smallest absolute Gasteiger partial charge is 0.251 e. The van der Waals surface area contributed by atoms with E-state index in [1.807, 2.05) is 12.1 Å². The molecule has 0 unspecified atom stereocenters. The van der Waals surface area contributed by atoms with Gasteiger partial charge in [-0.2, -0.15) is 0 Å². The summed E-state index contributed by atoms with van der Waals surface area (Å²) in [4.78, 5) is 12.2. The molecule has 0 atom stereocenters. The van der Waals surface area contributed by atoms with Crippen molar-refractivity contribution in [2.24, 2.45) is 5.73 Å². The molecule has 6 heteroatoms. The second kappa shape index (κ2) is 6.65. The summed E-state index contributed by atoms with van der Waals surface area (Å²) in [5.41, 5.74) is 7.48. The number of hydrogen-bond acceptors (Lipinski definition) is 2. The predicted molar refractivity (Wildman–Crippen MR) is 84.9 cm³/mol. The van der Waals surface area contributed by atoms with E-state index in [0.29, 0.717) is 17.1 Å². The van der Waals surface area contributed by atoms with E-state index in [0.717, 1.165) is 17.2 Å². The van der Waals surface area contributed by atoms with Gasteiger partial charge in [-0.25, -0.2) is 4.39 Å². The molecule has 0 aliphatic heterocycles. The normalized spacial score (nSPS) is 10.2. The molecule has 2 aromatic rings. The number of thiocarbonyl (C=S) groups is 1. The van der Waals surface area contributed by atoms with Gasteiger partial charge < -0.3 is 11.1 Å². The highest BCUT2D eigenvalue weighted by Crippen LogP contribution is 2.16. The summed E-state index contributed by atoms with van der Waals surface area (Å²) in [6.07, 6.45) is 0. The first-order valence-electron chi connectivity index (χ1n) is 6.09. The van der Waals surface area contributed by atoms with Crippen LogP contribution < -0.4 is 11.1 Å². The Morgan fingerprint density at radius 2 is 1.81 bits per heavy atom. The van der Waals surface area contributed by atoms with Crippen LogP contribution in [-0.4, -0.2) is 10.9 Å². The summed E-state index contributed by atoms with van der Waals surface area (Å²) in [6.45, 7) is 0.339. The van der Waals surface area contributed by atoms with Crippen LogP contribution in [0, 0.1) is 5.82 Å². The van der Waals surface area contributed by atoms with Gasteiger partial charge in [0.15, 0.2) is 0 Å². The fraction of sp³-hybridized carbons (Fsp3) is 0.0667. The Kier molecular flexibility index (Phi) is 4.88. The van der Waals surface area contributed by atoms with Gasteiger partial charge >= 0.3 is 0 Å². The molecule has 108 valence electrons. The van der Waals surface area contributed by atoms with Crippen molar-refractivity contribution in [1.29, 1.82) is 0 Å². The van der Waals surface area contributed by atoms with Crippen LogP contribution in [0.25, 0.3) is 0 Å². The number of benzene rings is 2. The number of nitrogens with two attached hydrogens (primary N) is 1. The van der Waals surface area contributed by atoms with E-state index in [9.17, 15) is 9.18 Å². The van der Waals surface area contributed by atoms with Gasteiger partial charge in [0.2, 0.25) is 0 Å². The molecule has 0 radical (unpaired) electrons. The highest BCUT2D eigenvalue weighted by atomic mass is 35.5. The van der Waals surface area contributed by atoms with Crippen molar-refractivity contribution in [3.63, 3.8) is 0 Å². The quantitative estimate of drug-likeness (QED) is 0.851. The molecule has 2 rings (SSSR count). The summed E-state index contributed by atoms with van der Waals surface area (Å²) in [7, 11) is 0. The highest BCUT2D eigenvalue weighted by Gasteiger charge is 2.08. The van der Waals surface area contributed by atoms with Gasteiger partial charge in [-0.15, -0.1) is 0 Å². The van der Waals surface area contributed by atoms with Crippen molar-refractivity contribution in [1.82, 2.24) is 5.32 Å². The van der Waals surface area contributed by atoms with Crippen LogP contribution in [0.4, 0.5) is 4.39 Å².